The molecule has 2 aromatic rings. The standard InChI is InChI=1S/C24H30ClN3O5/c1-15-12-19(13-16(2)22(15)25)32-14-21(30)28-18-8-6-17(7-9-18)27-20(29)10-11-26-23(31)33-24(3,4)5/h6-9,12-13H,10-11,14H2,1-5H3,(H,26,31)(H,27,29)(H,28,30). The first-order valence-corrected chi connectivity index (χ1v) is 10.9. The molecule has 0 heterocycles. The van der Waals surface area contributed by atoms with E-state index in [9.17, 15) is 14.4 Å². The molecule has 2 rings (SSSR count). The summed E-state index contributed by atoms with van der Waals surface area (Å²) < 4.78 is 10.7. The third-order valence-electron chi connectivity index (χ3n) is 4.25. The molecule has 0 spiro atoms. The number of hydrogen-bond acceptors (Lipinski definition) is 5. The van der Waals surface area contributed by atoms with Crippen LogP contribution in [0.4, 0.5) is 16.2 Å². The van der Waals surface area contributed by atoms with E-state index in [1.165, 1.54) is 0 Å². The van der Waals surface area contributed by atoms with Crippen LogP contribution in [-0.4, -0.2) is 36.7 Å². The van der Waals surface area contributed by atoms with Gasteiger partial charge in [0.1, 0.15) is 11.4 Å². The molecule has 2 aromatic carbocycles. The molecule has 0 atom stereocenters. The van der Waals surface area contributed by atoms with Crippen LogP contribution < -0.4 is 20.7 Å². The first-order valence-electron chi connectivity index (χ1n) is 10.5. The Balaban J connectivity index is 1.75. The van der Waals surface area contributed by atoms with Crippen LogP contribution in [0.2, 0.25) is 5.02 Å². The summed E-state index contributed by atoms with van der Waals surface area (Å²) in [6, 6.07) is 10.2. The molecule has 0 unspecified atom stereocenters. The molecule has 9 heteroatoms. The van der Waals surface area contributed by atoms with Gasteiger partial charge in [-0.2, -0.15) is 0 Å². The van der Waals surface area contributed by atoms with Crippen LogP contribution in [0.1, 0.15) is 38.3 Å². The van der Waals surface area contributed by atoms with E-state index < -0.39 is 11.7 Å². The summed E-state index contributed by atoms with van der Waals surface area (Å²) in [5.74, 6) is -0.00109. The lowest BCUT2D eigenvalue weighted by atomic mass is 10.1. The highest BCUT2D eigenvalue weighted by Gasteiger charge is 2.16. The van der Waals surface area contributed by atoms with Crippen molar-refractivity contribution >= 4 is 40.9 Å². The van der Waals surface area contributed by atoms with Crippen LogP contribution in [-0.2, 0) is 14.3 Å². The smallest absolute Gasteiger partial charge is 0.407 e. The largest absolute Gasteiger partial charge is 0.484 e. The predicted molar refractivity (Wildman–Crippen MR) is 129 cm³/mol. The molecule has 8 nitrogen and oxygen atoms in total. The number of benzene rings is 2. The van der Waals surface area contributed by atoms with Gasteiger partial charge >= 0.3 is 6.09 Å². The van der Waals surface area contributed by atoms with Crippen LogP contribution in [0.15, 0.2) is 36.4 Å². The van der Waals surface area contributed by atoms with Gasteiger partial charge in [-0.3, -0.25) is 9.59 Å². The first kappa shape index (κ1) is 26.0. The highest BCUT2D eigenvalue weighted by molar-refractivity contribution is 6.32. The zero-order valence-electron chi connectivity index (χ0n) is 19.5. The van der Waals surface area contributed by atoms with Crippen molar-refractivity contribution < 1.29 is 23.9 Å². The van der Waals surface area contributed by atoms with Gasteiger partial charge in [-0.15, -0.1) is 0 Å². The lowest BCUT2D eigenvalue weighted by Crippen LogP contribution is -2.34. The van der Waals surface area contributed by atoms with E-state index in [2.05, 4.69) is 16.0 Å². The lowest BCUT2D eigenvalue weighted by molar-refractivity contribution is -0.118. The molecule has 3 amide bonds. The lowest BCUT2D eigenvalue weighted by Gasteiger charge is -2.19. The fourth-order valence-corrected chi connectivity index (χ4v) is 2.90. The maximum absolute atomic E-state index is 12.2. The summed E-state index contributed by atoms with van der Waals surface area (Å²) in [5, 5.41) is 8.67. The molecular formula is C24H30ClN3O5. The van der Waals surface area contributed by atoms with Gasteiger partial charge in [-0.25, -0.2) is 4.79 Å². The fraction of sp³-hybridized carbons (Fsp3) is 0.375. The number of carbonyl (C=O) groups excluding carboxylic acids is 3. The predicted octanol–water partition coefficient (Wildman–Crippen LogP) is 4.83. The molecule has 178 valence electrons. The van der Waals surface area contributed by atoms with E-state index in [1.54, 1.807) is 57.2 Å². The number of halogens is 1. The number of hydrogen-bond donors (Lipinski definition) is 3. The second-order valence-corrected chi connectivity index (χ2v) is 8.89. The number of anilines is 2. The molecule has 0 aliphatic rings. The normalized spacial score (nSPS) is 10.8. The molecule has 0 saturated carbocycles. The summed E-state index contributed by atoms with van der Waals surface area (Å²) >= 11 is 6.14. The Hall–Kier alpha value is -3.26. The Labute approximate surface area is 199 Å². The average molecular weight is 476 g/mol. The number of nitrogens with one attached hydrogen (secondary N) is 3. The molecule has 0 saturated heterocycles. The first-order chi connectivity index (χ1) is 15.4. The maximum Gasteiger partial charge on any atom is 0.407 e. The second-order valence-electron chi connectivity index (χ2n) is 8.51. The maximum atomic E-state index is 12.2. The minimum absolute atomic E-state index is 0.0959. The van der Waals surface area contributed by atoms with Crippen molar-refractivity contribution in [1.29, 1.82) is 0 Å². The van der Waals surface area contributed by atoms with E-state index >= 15 is 0 Å². The molecule has 0 radical (unpaired) electrons. The Bertz CT molecular complexity index is 977. The minimum atomic E-state index is -0.594. The number of amides is 3. The Kier molecular flexibility index (Phi) is 9.11. The fourth-order valence-electron chi connectivity index (χ4n) is 2.79. The third-order valence-corrected chi connectivity index (χ3v) is 4.85. The Morgan fingerprint density at radius 1 is 0.909 bits per heavy atom. The van der Waals surface area contributed by atoms with Gasteiger partial charge in [0.25, 0.3) is 5.91 Å². The average Bonchev–Trinajstić information content (AvgIpc) is 2.70. The number of rotatable bonds is 8. The van der Waals surface area contributed by atoms with Crippen LogP contribution in [0.5, 0.6) is 5.75 Å². The van der Waals surface area contributed by atoms with E-state index in [-0.39, 0.29) is 31.4 Å². The monoisotopic (exact) mass is 475 g/mol. The summed E-state index contributed by atoms with van der Waals surface area (Å²) in [7, 11) is 0. The molecule has 33 heavy (non-hydrogen) atoms. The molecule has 0 aliphatic carbocycles. The van der Waals surface area contributed by atoms with E-state index in [0.717, 1.165) is 11.1 Å². The number of alkyl carbamates (subject to hydrolysis) is 1. The summed E-state index contributed by atoms with van der Waals surface area (Å²) in [6.45, 7) is 9.05. The van der Waals surface area contributed by atoms with Crippen molar-refractivity contribution in [3.63, 3.8) is 0 Å². The van der Waals surface area contributed by atoms with E-state index in [0.29, 0.717) is 22.1 Å². The van der Waals surface area contributed by atoms with Gasteiger partial charge in [-0.05, 0) is 82.1 Å². The van der Waals surface area contributed by atoms with Gasteiger partial charge < -0.3 is 25.4 Å². The summed E-state index contributed by atoms with van der Waals surface area (Å²) in [6.07, 6.45) is -0.473. The van der Waals surface area contributed by atoms with Crippen molar-refractivity contribution in [1.82, 2.24) is 5.32 Å². The van der Waals surface area contributed by atoms with Crippen LogP contribution >= 0.6 is 11.6 Å². The van der Waals surface area contributed by atoms with Gasteiger partial charge in [0, 0.05) is 29.4 Å². The SMILES string of the molecule is Cc1cc(OCC(=O)Nc2ccc(NC(=O)CCNC(=O)OC(C)(C)C)cc2)cc(C)c1Cl. The van der Waals surface area contributed by atoms with Gasteiger partial charge in [-0.1, -0.05) is 11.6 Å². The van der Waals surface area contributed by atoms with Crippen LogP contribution in [0, 0.1) is 13.8 Å². The Morgan fingerprint density at radius 2 is 1.42 bits per heavy atom. The zero-order valence-corrected chi connectivity index (χ0v) is 20.3. The molecule has 0 bridgehead atoms. The topological polar surface area (TPSA) is 106 Å². The van der Waals surface area contributed by atoms with Crippen molar-refractivity contribution in [3.8, 4) is 5.75 Å². The number of aryl methyl sites for hydroxylation is 2. The minimum Gasteiger partial charge on any atom is -0.484 e. The second kappa shape index (κ2) is 11.6. The highest BCUT2D eigenvalue weighted by Crippen LogP contribution is 2.25. The van der Waals surface area contributed by atoms with Crippen molar-refractivity contribution in [2.24, 2.45) is 0 Å². The molecule has 3 N–H and O–H groups in total. The van der Waals surface area contributed by atoms with Gasteiger partial charge in [0.15, 0.2) is 6.61 Å². The third kappa shape index (κ3) is 9.41. The molecule has 0 aromatic heterocycles. The van der Waals surface area contributed by atoms with Gasteiger partial charge in [0.05, 0.1) is 0 Å². The van der Waals surface area contributed by atoms with Crippen LogP contribution in [0.25, 0.3) is 0 Å². The van der Waals surface area contributed by atoms with Crippen molar-refractivity contribution in [2.45, 2.75) is 46.6 Å². The van der Waals surface area contributed by atoms with Crippen LogP contribution in [0.3, 0.4) is 0 Å². The number of carbonyl (C=O) groups is 3. The van der Waals surface area contributed by atoms with Gasteiger partial charge in [0.2, 0.25) is 5.91 Å². The molecule has 0 fully saturated rings. The number of ether oxygens (including phenoxy) is 2. The highest BCUT2D eigenvalue weighted by atomic mass is 35.5. The van der Waals surface area contributed by atoms with Crippen molar-refractivity contribution in [3.05, 3.63) is 52.5 Å². The summed E-state index contributed by atoms with van der Waals surface area (Å²) in [4.78, 5) is 35.8. The van der Waals surface area contributed by atoms with E-state index in [4.69, 9.17) is 21.1 Å². The quantitative estimate of drug-likeness (QED) is 0.507. The Morgan fingerprint density at radius 3 is 1.94 bits per heavy atom. The van der Waals surface area contributed by atoms with Crippen molar-refractivity contribution in [2.75, 3.05) is 23.8 Å². The zero-order chi connectivity index (χ0) is 24.6. The van der Waals surface area contributed by atoms with E-state index in [1.807, 2.05) is 13.8 Å². The summed E-state index contributed by atoms with van der Waals surface area (Å²) in [5.41, 5.74) is 2.30. The molecule has 0 aliphatic heterocycles. The molecular weight excluding hydrogens is 446 g/mol.